The number of halogens is 3. The quantitative estimate of drug-likeness (QED) is 0.841. The van der Waals surface area contributed by atoms with Crippen molar-refractivity contribution in [2.45, 2.75) is 11.1 Å². The van der Waals surface area contributed by atoms with Crippen LogP contribution in [-0.2, 0) is 4.79 Å². The van der Waals surface area contributed by atoms with Crippen LogP contribution in [0.1, 0.15) is 0 Å². The standard InChI is InChI=1S/C11H12F3NO2S/c1-17-8-3-2-4-9(5-8)18-6-10(16)15-7-11(12,13)14/h2-5H,6-7H2,1H3,(H,15,16). The Bertz CT molecular complexity index is 410. The molecule has 1 aromatic rings. The van der Waals surface area contributed by atoms with Crippen LogP contribution in [0.3, 0.4) is 0 Å². The summed E-state index contributed by atoms with van der Waals surface area (Å²) in [5.41, 5.74) is 0. The maximum absolute atomic E-state index is 11.8. The van der Waals surface area contributed by atoms with Crippen LogP contribution in [0.4, 0.5) is 13.2 Å². The first-order valence-corrected chi connectivity index (χ1v) is 5.99. The number of hydrogen-bond acceptors (Lipinski definition) is 3. The number of amides is 1. The fourth-order valence-electron chi connectivity index (χ4n) is 1.09. The molecule has 0 atom stereocenters. The monoisotopic (exact) mass is 279 g/mol. The minimum absolute atomic E-state index is 0.0662. The van der Waals surface area contributed by atoms with Crippen LogP contribution < -0.4 is 10.1 Å². The van der Waals surface area contributed by atoms with Crippen molar-refractivity contribution in [3.05, 3.63) is 24.3 Å². The summed E-state index contributed by atoms with van der Waals surface area (Å²) in [4.78, 5) is 11.9. The highest BCUT2D eigenvalue weighted by Gasteiger charge is 2.27. The fourth-order valence-corrected chi connectivity index (χ4v) is 1.86. The van der Waals surface area contributed by atoms with Crippen LogP contribution in [0.25, 0.3) is 0 Å². The van der Waals surface area contributed by atoms with Gasteiger partial charge in [-0.25, -0.2) is 0 Å². The average Bonchev–Trinajstić information content (AvgIpc) is 2.33. The first-order valence-electron chi connectivity index (χ1n) is 5.01. The van der Waals surface area contributed by atoms with Gasteiger partial charge in [-0.1, -0.05) is 6.07 Å². The molecule has 100 valence electrons. The van der Waals surface area contributed by atoms with E-state index in [1.807, 2.05) is 0 Å². The van der Waals surface area contributed by atoms with E-state index < -0.39 is 18.6 Å². The lowest BCUT2D eigenvalue weighted by molar-refractivity contribution is -0.136. The molecule has 0 radical (unpaired) electrons. The van der Waals surface area contributed by atoms with Crippen LogP contribution >= 0.6 is 11.8 Å². The van der Waals surface area contributed by atoms with Crippen molar-refractivity contribution in [2.75, 3.05) is 19.4 Å². The van der Waals surface area contributed by atoms with Crippen molar-refractivity contribution in [3.8, 4) is 5.75 Å². The number of methoxy groups -OCH3 is 1. The van der Waals surface area contributed by atoms with Gasteiger partial charge in [-0.15, -0.1) is 11.8 Å². The van der Waals surface area contributed by atoms with E-state index in [0.29, 0.717) is 5.75 Å². The summed E-state index contributed by atoms with van der Waals surface area (Å²) in [6.07, 6.45) is -4.38. The van der Waals surface area contributed by atoms with Gasteiger partial charge >= 0.3 is 6.18 Å². The lowest BCUT2D eigenvalue weighted by Gasteiger charge is -2.08. The van der Waals surface area contributed by atoms with Crippen LogP contribution in [-0.4, -0.2) is 31.5 Å². The Morgan fingerprint density at radius 3 is 2.78 bits per heavy atom. The second kappa shape index (κ2) is 6.53. The van der Waals surface area contributed by atoms with Crippen molar-refractivity contribution in [1.82, 2.24) is 5.32 Å². The molecular formula is C11H12F3NO2S. The largest absolute Gasteiger partial charge is 0.497 e. The zero-order chi connectivity index (χ0) is 13.6. The summed E-state index contributed by atoms with van der Waals surface area (Å²) in [5, 5.41) is 1.81. The smallest absolute Gasteiger partial charge is 0.405 e. The van der Waals surface area contributed by atoms with E-state index in [1.54, 1.807) is 29.6 Å². The first kappa shape index (κ1) is 14.7. The van der Waals surface area contributed by atoms with E-state index >= 15 is 0 Å². The molecule has 18 heavy (non-hydrogen) atoms. The molecule has 7 heteroatoms. The Kier molecular flexibility index (Phi) is 5.33. The minimum Gasteiger partial charge on any atom is -0.497 e. The number of thioether (sulfide) groups is 1. The number of ether oxygens (including phenoxy) is 1. The SMILES string of the molecule is COc1cccc(SCC(=O)NCC(F)(F)F)c1. The molecule has 0 spiro atoms. The van der Waals surface area contributed by atoms with Crippen molar-refractivity contribution in [3.63, 3.8) is 0 Å². The first-order chi connectivity index (χ1) is 8.40. The summed E-state index contributed by atoms with van der Waals surface area (Å²) < 4.78 is 40.5. The van der Waals surface area contributed by atoms with Gasteiger partial charge in [0.25, 0.3) is 0 Å². The average molecular weight is 279 g/mol. The van der Waals surface area contributed by atoms with Gasteiger partial charge in [-0.3, -0.25) is 4.79 Å². The van der Waals surface area contributed by atoms with E-state index in [-0.39, 0.29) is 5.75 Å². The lowest BCUT2D eigenvalue weighted by atomic mass is 10.3. The number of hydrogen-bond donors (Lipinski definition) is 1. The predicted octanol–water partition coefficient (Wildman–Crippen LogP) is 2.47. The summed E-state index contributed by atoms with van der Waals surface area (Å²) in [6, 6.07) is 6.95. The molecule has 3 nitrogen and oxygen atoms in total. The summed E-state index contributed by atoms with van der Waals surface area (Å²) in [6.45, 7) is -1.30. The van der Waals surface area contributed by atoms with Crippen LogP contribution in [0, 0.1) is 0 Å². The highest BCUT2D eigenvalue weighted by Crippen LogP contribution is 2.22. The number of carbonyl (C=O) groups excluding carboxylic acids is 1. The Labute approximate surface area is 107 Å². The van der Waals surface area contributed by atoms with Crippen molar-refractivity contribution in [1.29, 1.82) is 0 Å². The molecule has 0 aliphatic heterocycles. The predicted molar refractivity (Wildman–Crippen MR) is 62.8 cm³/mol. The van der Waals surface area contributed by atoms with Gasteiger partial charge in [0.15, 0.2) is 0 Å². The van der Waals surface area contributed by atoms with Crippen LogP contribution in [0.2, 0.25) is 0 Å². The molecular weight excluding hydrogens is 267 g/mol. The molecule has 1 aromatic carbocycles. The maximum atomic E-state index is 11.8. The maximum Gasteiger partial charge on any atom is 0.405 e. The molecule has 1 rings (SSSR count). The Morgan fingerprint density at radius 1 is 1.44 bits per heavy atom. The van der Waals surface area contributed by atoms with Gasteiger partial charge in [-0.2, -0.15) is 13.2 Å². The van der Waals surface area contributed by atoms with E-state index in [0.717, 1.165) is 16.7 Å². The third-order valence-corrected chi connectivity index (χ3v) is 2.89. The summed E-state index contributed by atoms with van der Waals surface area (Å²) >= 11 is 1.15. The second-order valence-corrected chi connectivity index (χ2v) is 4.41. The number of benzene rings is 1. The lowest BCUT2D eigenvalue weighted by Crippen LogP contribution is -2.34. The molecule has 0 aliphatic carbocycles. The molecule has 1 amide bonds. The Hall–Kier alpha value is -1.37. The Balaban J connectivity index is 2.38. The third-order valence-electron chi connectivity index (χ3n) is 1.90. The second-order valence-electron chi connectivity index (χ2n) is 3.36. The van der Waals surface area contributed by atoms with Crippen molar-refractivity contribution in [2.24, 2.45) is 0 Å². The van der Waals surface area contributed by atoms with Crippen LogP contribution in [0.5, 0.6) is 5.75 Å². The minimum atomic E-state index is -4.38. The Morgan fingerprint density at radius 2 is 2.17 bits per heavy atom. The molecule has 0 fully saturated rings. The van der Waals surface area contributed by atoms with E-state index in [2.05, 4.69) is 0 Å². The number of rotatable bonds is 5. The van der Waals surface area contributed by atoms with Gasteiger partial charge in [0, 0.05) is 4.90 Å². The molecule has 0 aliphatic rings. The number of nitrogens with one attached hydrogen (secondary N) is 1. The molecule has 0 saturated heterocycles. The fraction of sp³-hybridized carbons (Fsp3) is 0.364. The van der Waals surface area contributed by atoms with Crippen LogP contribution in [0.15, 0.2) is 29.2 Å². The van der Waals surface area contributed by atoms with E-state index in [4.69, 9.17) is 4.74 Å². The zero-order valence-corrected chi connectivity index (χ0v) is 10.4. The van der Waals surface area contributed by atoms with Crippen molar-refractivity contribution < 1.29 is 22.7 Å². The number of alkyl halides is 3. The molecule has 1 N–H and O–H groups in total. The third kappa shape index (κ3) is 5.81. The summed E-state index contributed by atoms with van der Waals surface area (Å²) in [5.74, 6) is -0.0840. The highest BCUT2D eigenvalue weighted by atomic mass is 32.2. The zero-order valence-electron chi connectivity index (χ0n) is 9.58. The van der Waals surface area contributed by atoms with E-state index in [9.17, 15) is 18.0 Å². The molecule has 0 unspecified atom stereocenters. The van der Waals surface area contributed by atoms with Crippen molar-refractivity contribution >= 4 is 17.7 Å². The van der Waals surface area contributed by atoms with Gasteiger partial charge in [-0.05, 0) is 18.2 Å². The normalized spacial score (nSPS) is 11.1. The van der Waals surface area contributed by atoms with E-state index in [1.165, 1.54) is 7.11 Å². The molecule has 0 bridgehead atoms. The number of carbonyl (C=O) groups is 1. The van der Waals surface area contributed by atoms with Gasteiger partial charge in [0.05, 0.1) is 12.9 Å². The van der Waals surface area contributed by atoms with Gasteiger partial charge < -0.3 is 10.1 Å². The highest BCUT2D eigenvalue weighted by molar-refractivity contribution is 8.00. The molecule has 0 aromatic heterocycles. The molecule has 0 saturated carbocycles. The topological polar surface area (TPSA) is 38.3 Å². The molecule has 0 heterocycles. The summed E-state index contributed by atoms with van der Waals surface area (Å²) in [7, 11) is 1.51. The van der Waals surface area contributed by atoms with Gasteiger partial charge in [0.1, 0.15) is 12.3 Å². The van der Waals surface area contributed by atoms with Gasteiger partial charge in [0.2, 0.25) is 5.91 Å².